The highest BCUT2D eigenvalue weighted by Crippen LogP contribution is 2.54. The van der Waals surface area contributed by atoms with Gasteiger partial charge in [-0.2, -0.15) is 0 Å². The maximum absolute atomic E-state index is 5.46. The van der Waals surface area contributed by atoms with E-state index < -0.39 is 0 Å². The molecule has 1 aromatic heterocycles. The van der Waals surface area contributed by atoms with Gasteiger partial charge in [-0.05, 0) is 37.2 Å². The third kappa shape index (κ3) is 2.19. The van der Waals surface area contributed by atoms with E-state index in [1.165, 1.54) is 35.5 Å². The van der Waals surface area contributed by atoms with Crippen molar-refractivity contribution in [2.75, 3.05) is 13.2 Å². The largest absolute Gasteiger partial charge is 0.381 e. The molecule has 1 aromatic carbocycles. The molecule has 0 radical (unpaired) electrons. The van der Waals surface area contributed by atoms with Crippen molar-refractivity contribution in [1.29, 1.82) is 0 Å². The third-order valence-electron chi connectivity index (χ3n) is 4.56. The van der Waals surface area contributed by atoms with Crippen LogP contribution in [-0.2, 0) is 16.6 Å². The summed E-state index contributed by atoms with van der Waals surface area (Å²) in [5.74, 6) is 0.678. The van der Waals surface area contributed by atoms with Crippen molar-refractivity contribution in [1.82, 2.24) is 4.98 Å². The maximum Gasteiger partial charge on any atom is 0.103 e. The fraction of sp³-hybridized carbons (Fsp3) is 0.471. The van der Waals surface area contributed by atoms with Gasteiger partial charge in [-0.1, -0.05) is 30.3 Å². The van der Waals surface area contributed by atoms with Gasteiger partial charge < -0.3 is 4.74 Å². The van der Waals surface area contributed by atoms with Crippen LogP contribution in [0.25, 0.3) is 0 Å². The Morgan fingerprint density at radius 3 is 2.80 bits per heavy atom. The van der Waals surface area contributed by atoms with Crippen LogP contribution >= 0.6 is 11.3 Å². The molecule has 0 N–H and O–H groups in total. The monoisotopic (exact) mass is 285 g/mol. The molecule has 2 nitrogen and oxygen atoms in total. The summed E-state index contributed by atoms with van der Waals surface area (Å²) < 4.78 is 5.46. The molecule has 4 rings (SSSR count). The standard InChI is InChI=1S/C17H19NOS/c1-2-4-14(5-3-1)17(7-8-17)16-18-15(12-20-16)10-13-6-9-19-11-13/h1-5,12-13H,6-11H2. The second-order valence-electron chi connectivity index (χ2n) is 6.03. The Labute approximate surface area is 123 Å². The van der Waals surface area contributed by atoms with Gasteiger partial charge in [0, 0.05) is 24.0 Å². The molecule has 20 heavy (non-hydrogen) atoms. The highest BCUT2D eigenvalue weighted by molar-refractivity contribution is 7.09. The summed E-state index contributed by atoms with van der Waals surface area (Å²) in [7, 11) is 0. The van der Waals surface area contributed by atoms with E-state index in [9.17, 15) is 0 Å². The minimum atomic E-state index is 0.232. The summed E-state index contributed by atoms with van der Waals surface area (Å²) in [6.07, 6.45) is 4.77. The van der Waals surface area contributed by atoms with Gasteiger partial charge in [0.05, 0.1) is 5.69 Å². The van der Waals surface area contributed by atoms with Gasteiger partial charge in [0.2, 0.25) is 0 Å². The van der Waals surface area contributed by atoms with Crippen LogP contribution in [0.1, 0.15) is 35.5 Å². The molecule has 1 aliphatic carbocycles. The third-order valence-corrected chi connectivity index (χ3v) is 5.65. The summed E-state index contributed by atoms with van der Waals surface area (Å²) in [6, 6.07) is 10.9. The zero-order valence-electron chi connectivity index (χ0n) is 11.5. The second kappa shape index (κ2) is 4.97. The Balaban J connectivity index is 1.56. The zero-order chi connectivity index (χ0) is 13.4. The van der Waals surface area contributed by atoms with Crippen LogP contribution < -0.4 is 0 Å². The molecule has 1 saturated carbocycles. The van der Waals surface area contributed by atoms with Crippen LogP contribution in [0.5, 0.6) is 0 Å². The van der Waals surface area contributed by atoms with Gasteiger partial charge in [-0.15, -0.1) is 11.3 Å². The number of ether oxygens (including phenoxy) is 1. The summed E-state index contributed by atoms with van der Waals surface area (Å²) in [5.41, 5.74) is 2.93. The Kier molecular flexibility index (Phi) is 3.12. The van der Waals surface area contributed by atoms with Crippen molar-refractivity contribution < 1.29 is 4.74 Å². The molecule has 1 atom stereocenters. The fourth-order valence-corrected chi connectivity index (χ4v) is 4.28. The second-order valence-corrected chi connectivity index (χ2v) is 6.88. The van der Waals surface area contributed by atoms with Crippen LogP contribution in [0.15, 0.2) is 35.7 Å². The molecular formula is C17H19NOS. The van der Waals surface area contributed by atoms with Crippen LogP contribution in [0.4, 0.5) is 0 Å². The zero-order valence-corrected chi connectivity index (χ0v) is 12.4. The summed E-state index contributed by atoms with van der Waals surface area (Å²) in [6.45, 7) is 1.84. The van der Waals surface area contributed by atoms with E-state index in [0.717, 1.165) is 19.6 Å². The molecule has 104 valence electrons. The number of thiazole rings is 1. The van der Waals surface area contributed by atoms with Crippen molar-refractivity contribution in [3.63, 3.8) is 0 Å². The topological polar surface area (TPSA) is 22.1 Å². The smallest absolute Gasteiger partial charge is 0.103 e. The molecule has 0 bridgehead atoms. The minimum absolute atomic E-state index is 0.232. The van der Waals surface area contributed by atoms with Crippen molar-refractivity contribution in [2.45, 2.75) is 31.1 Å². The van der Waals surface area contributed by atoms with E-state index in [1.807, 2.05) is 11.3 Å². The molecule has 2 aliphatic rings. The van der Waals surface area contributed by atoms with E-state index >= 15 is 0 Å². The summed E-state index contributed by atoms with van der Waals surface area (Å²) >= 11 is 1.85. The lowest BCUT2D eigenvalue weighted by molar-refractivity contribution is 0.185. The van der Waals surface area contributed by atoms with E-state index in [4.69, 9.17) is 9.72 Å². The number of rotatable bonds is 4. The average Bonchev–Trinajstić information content (AvgIpc) is 2.91. The van der Waals surface area contributed by atoms with E-state index in [0.29, 0.717) is 5.92 Å². The number of nitrogens with zero attached hydrogens (tertiary/aromatic N) is 1. The lowest BCUT2D eigenvalue weighted by Gasteiger charge is -2.12. The van der Waals surface area contributed by atoms with Crippen molar-refractivity contribution in [2.24, 2.45) is 5.92 Å². The number of benzene rings is 1. The molecule has 2 fully saturated rings. The van der Waals surface area contributed by atoms with Crippen molar-refractivity contribution in [3.05, 3.63) is 52.0 Å². The van der Waals surface area contributed by atoms with E-state index in [1.54, 1.807) is 0 Å². The molecule has 0 amide bonds. The van der Waals surface area contributed by atoms with Gasteiger partial charge in [-0.25, -0.2) is 4.98 Å². The highest BCUT2D eigenvalue weighted by Gasteiger charge is 2.48. The van der Waals surface area contributed by atoms with Gasteiger partial charge >= 0.3 is 0 Å². The van der Waals surface area contributed by atoms with E-state index in [-0.39, 0.29) is 5.41 Å². The molecule has 1 aliphatic heterocycles. The van der Waals surface area contributed by atoms with Crippen molar-refractivity contribution in [3.8, 4) is 0 Å². The first kappa shape index (κ1) is 12.5. The SMILES string of the molecule is c1ccc(C2(c3nc(CC4CCOC4)cs3)CC2)cc1. The lowest BCUT2D eigenvalue weighted by Crippen LogP contribution is -2.09. The molecule has 1 saturated heterocycles. The van der Waals surface area contributed by atoms with Crippen LogP contribution in [0.3, 0.4) is 0 Å². The Hall–Kier alpha value is -1.19. The van der Waals surface area contributed by atoms with Crippen LogP contribution in [0.2, 0.25) is 0 Å². The van der Waals surface area contributed by atoms with Gasteiger partial charge in [-0.3, -0.25) is 0 Å². The number of aromatic nitrogens is 1. The average molecular weight is 285 g/mol. The maximum atomic E-state index is 5.46. The first-order chi connectivity index (χ1) is 9.87. The predicted octanol–water partition coefficient (Wildman–Crippen LogP) is 3.80. The molecule has 2 aromatic rings. The first-order valence-electron chi connectivity index (χ1n) is 7.45. The lowest BCUT2D eigenvalue weighted by atomic mass is 9.97. The Bertz CT molecular complexity index is 582. The summed E-state index contributed by atoms with van der Waals surface area (Å²) in [4.78, 5) is 4.95. The van der Waals surface area contributed by atoms with Crippen molar-refractivity contribution >= 4 is 11.3 Å². The molecule has 3 heteroatoms. The molecular weight excluding hydrogens is 266 g/mol. The van der Waals surface area contributed by atoms with Gasteiger partial charge in [0.15, 0.2) is 0 Å². The minimum Gasteiger partial charge on any atom is -0.381 e. The quantitative estimate of drug-likeness (QED) is 0.852. The van der Waals surface area contributed by atoms with Crippen LogP contribution in [0, 0.1) is 5.92 Å². The Morgan fingerprint density at radius 1 is 1.25 bits per heavy atom. The van der Waals surface area contributed by atoms with Crippen LogP contribution in [-0.4, -0.2) is 18.2 Å². The van der Waals surface area contributed by atoms with Gasteiger partial charge in [0.25, 0.3) is 0 Å². The predicted molar refractivity (Wildman–Crippen MR) is 81.2 cm³/mol. The highest BCUT2D eigenvalue weighted by atomic mass is 32.1. The summed E-state index contributed by atoms with van der Waals surface area (Å²) in [5, 5.41) is 3.58. The molecule has 1 unspecified atom stereocenters. The Morgan fingerprint density at radius 2 is 2.10 bits per heavy atom. The molecule has 2 heterocycles. The van der Waals surface area contributed by atoms with Gasteiger partial charge in [0.1, 0.15) is 5.01 Å². The normalized spacial score (nSPS) is 23.9. The number of hydrogen-bond acceptors (Lipinski definition) is 3. The first-order valence-corrected chi connectivity index (χ1v) is 8.33. The number of hydrogen-bond donors (Lipinski definition) is 0. The molecule has 0 spiro atoms. The van der Waals surface area contributed by atoms with E-state index in [2.05, 4.69) is 35.7 Å². The fourth-order valence-electron chi connectivity index (χ4n) is 3.17.